The van der Waals surface area contributed by atoms with Gasteiger partial charge in [-0.05, 0) is 48.9 Å². The first-order valence-electron chi connectivity index (χ1n) is 6.02. The van der Waals surface area contributed by atoms with Gasteiger partial charge in [-0.1, -0.05) is 11.6 Å². The van der Waals surface area contributed by atoms with Crippen LogP contribution in [0.25, 0.3) is 0 Å². The Kier molecular flexibility index (Phi) is 4.15. The first kappa shape index (κ1) is 14.2. The SMILES string of the molecule is COc1ccc(NC(=O)c2ccc(N)c(C)c2)cc1Cl. The standard InChI is InChI=1S/C15H15ClN2O2/c1-9-7-10(3-5-13(9)17)15(19)18-11-4-6-14(20-2)12(16)8-11/h3-8H,17H2,1-2H3,(H,18,19). The van der Waals surface area contributed by atoms with E-state index < -0.39 is 0 Å². The van der Waals surface area contributed by atoms with Gasteiger partial charge >= 0.3 is 0 Å². The summed E-state index contributed by atoms with van der Waals surface area (Å²) in [5.41, 5.74) is 8.41. The zero-order chi connectivity index (χ0) is 14.7. The Hall–Kier alpha value is -2.20. The van der Waals surface area contributed by atoms with Crippen LogP contribution >= 0.6 is 11.6 Å². The van der Waals surface area contributed by atoms with E-state index in [9.17, 15) is 4.79 Å². The maximum atomic E-state index is 12.1. The molecular weight excluding hydrogens is 276 g/mol. The molecule has 0 aliphatic carbocycles. The van der Waals surface area contributed by atoms with Gasteiger partial charge in [-0.15, -0.1) is 0 Å². The summed E-state index contributed by atoms with van der Waals surface area (Å²) in [6, 6.07) is 10.2. The van der Waals surface area contributed by atoms with Crippen LogP contribution in [0.15, 0.2) is 36.4 Å². The van der Waals surface area contributed by atoms with Gasteiger partial charge in [-0.25, -0.2) is 0 Å². The average Bonchev–Trinajstić information content (AvgIpc) is 2.42. The lowest BCUT2D eigenvalue weighted by Gasteiger charge is -2.09. The predicted molar refractivity (Wildman–Crippen MR) is 81.5 cm³/mol. The van der Waals surface area contributed by atoms with Gasteiger partial charge in [-0.3, -0.25) is 4.79 Å². The van der Waals surface area contributed by atoms with Crippen molar-refractivity contribution in [2.24, 2.45) is 0 Å². The maximum Gasteiger partial charge on any atom is 0.255 e. The molecule has 0 spiro atoms. The molecule has 1 amide bonds. The maximum absolute atomic E-state index is 12.1. The van der Waals surface area contributed by atoms with E-state index in [1.165, 1.54) is 7.11 Å². The lowest BCUT2D eigenvalue weighted by molar-refractivity contribution is 0.102. The van der Waals surface area contributed by atoms with E-state index >= 15 is 0 Å². The number of hydrogen-bond acceptors (Lipinski definition) is 3. The Balaban J connectivity index is 2.19. The molecule has 2 aromatic carbocycles. The van der Waals surface area contributed by atoms with Crippen molar-refractivity contribution in [3.8, 4) is 5.75 Å². The molecule has 2 rings (SSSR count). The fourth-order valence-electron chi connectivity index (χ4n) is 1.76. The van der Waals surface area contributed by atoms with Gasteiger partial charge in [0.2, 0.25) is 0 Å². The molecule has 0 fully saturated rings. The van der Waals surface area contributed by atoms with Crippen LogP contribution < -0.4 is 15.8 Å². The molecule has 0 aliphatic heterocycles. The summed E-state index contributed by atoms with van der Waals surface area (Å²) in [5, 5.41) is 3.22. The molecule has 0 bridgehead atoms. The molecule has 0 aromatic heterocycles. The number of carbonyl (C=O) groups is 1. The summed E-state index contributed by atoms with van der Waals surface area (Å²) in [5.74, 6) is 0.349. The van der Waals surface area contributed by atoms with Crippen LogP contribution in [0.1, 0.15) is 15.9 Å². The van der Waals surface area contributed by atoms with Crippen LogP contribution in [0.4, 0.5) is 11.4 Å². The topological polar surface area (TPSA) is 64.3 Å². The van der Waals surface area contributed by atoms with Crippen molar-refractivity contribution in [1.82, 2.24) is 0 Å². The third-order valence-electron chi connectivity index (χ3n) is 2.94. The minimum atomic E-state index is -0.214. The molecule has 0 saturated carbocycles. The van der Waals surface area contributed by atoms with E-state index in [4.69, 9.17) is 22.1 Å². The number of amides is 1. The molecule has 0 unspecified atom stereocenters. The minimum absolute atomic E-state index is 0.214. The van der Waals surface area contributed by atoms with E-state index in [-0.39, 0.29) is 5.91 Å². The summed E-state index contributed by atoms with van der Waals surface area (Å²) in [4.78, 5) is 12.1. The minimum Gasteiger partial charge on any atom is -0.495 e. The molecule has 0 aliphatic rings. The van der Waals surface area contributed by atoms with E-state index in [1.54, 1.807) is 36.4 Å². The van der Waals surface area contributed by atoms with Gasteiger partial charge < -0.3 is 15.8 Å². The fraction of sp³-hybridized carbons (Fsp3) is 0.133. The van der Waals surface area contributed by atoms with Gasteiger partial charge in [0.05, 0.1) is 12.1 Å². The number of anilines is 2. The van der Waals surface area contributed by atoms with Crippen molar-refractivity contribution in [2.45, 2.75) is 6.92 Å². The van der Waals surface area contributed by atoms with Crippen molar-refractivity contribution >= 4 is 28.9 Å². The number of rotatable bonds is 3. The lowest BCUT2D eigenvalue weighted by atomic mass is 10.1. The molecule has 5 heteroatoms. The normalized spacial score (nSPS) is 10.2. The number of ether oxygens (including phenoxy) is 1. The van der Waals surface area contributed by atoms with E-state index in [2.05, 4.69) is 5.32 Å². The number of nitrogens with one attached hydrogen (secondary N) is 1. The van der Waals surface area contributed by atoms with Gasteiger partial charge in [-0.2, -0.15) is 0 Å². The zero-order valence-electron chi connectivity index (χ0n) is 11.2. The van der Waals surface area contributed by atoms with Crippen LogP contribution in [0, 0.1) is 6.92 Å². The molecule has 0 heterocycles. The number of nitrogen functional groups attached to an aromatic ring is 1. The van der Waals surface area contributed by atoms with E-state index in [0.717, 1.165) is 5.56 Å². The molecule has 0 saturated heterocycles. The number of halogens is 1. The van der Waals surface area contributed by atoms with Crippen molar-refractivity contribution in [3.63, 3.8) is 0 Å². The monoisotopic (exact) mass is 290 g/mol. The van der Waals surface area contributed by atoms with Crippen molar-refractivity contribution in [1.29, 1.82) is 0 Å². The molecular formula is C15H15ClN2O2. The summed E-state index contributed by atoms with van der Waals surface area (Å²) >= 11 is 6.01. The van der Waals surface area contributed by atoms with E-state index in [1.807, 2.05) is 6.92 Å². The molecule has 0 atom stereocenters. The summed E-state index contributed by atoms with van der Waals surface area (Å²) in [6.45, 7) is 1.86. The van der Waals surface area contributed by atoms with Gasteiger partial charge in [0.15, 0.2) is 0 Å². The Morgan fingerprint density at radius 3 is 2.60 bits per heavy atom. The number of nitrogens with two attached hydrogens (primary N) is 1. The summed E-state index contributed by atoms with van der Waals surface area (Å²) in [7, 11) is 1.54. The molecule has 104 valence electrons. The summed E-state index contributed by atoms with van der Waals surface area (Å²) < 4.78 is 5.06. The van der Waals surface area contributed by atoms with Crippen molar-refractivity contribution in [3.05, 3.63) is 52.5 Å². The smallest absolute Gasteiger partial charge is 0.255 e. The highest BCUT2D eigenvalue weighted by Crippen LogP contribution is 2.27. The van der Waals surface area contributed by atoms with Gasteiger partial charge in [0.25, 0.3) is 5.91 Å². The number of methoxy groups -OCH3 is 1. The Labute approximate surface area is 122 Å². The van der Waals surface area contributed by atoms with E-state index in [0.29, 0.717) is 27.7 Å². The number of aryl methyl sites for hydroxylation is 1. The average molecular weight is 291 g/mol. The van der Waals surface area contributed by atoms with Crippen molar-refractivity contribution in [2.75, 3.05) is 18.2 Å². The van der Waals surface area contributed by atoms with Crippen LogP contribution in [0.3, 0.4) is 0 Å². The Bertz CT molecular complexity index is 656. The first-order chi connectivity index (χ1) is 9.51. The number of benzene rings is 2. The predicted octanol–water partition coefficient (Wildman–Crippen LogP) is 3.49. The highest BCUT2D eigenvalue weighted by atomic mass is 35.5. The first-order valence-corrected chi connectivity index (χ1v) is 6.40. The van der Waals surface area contributed by atoms with Gasteiger partial charge in [0.1, 0.15) is 5.75 Å². The third kappa shape index (κ3) is 3.03. The highest BCUT2D eigenvalue weighted by molar-refractivity contribution is 6.32. The second kappa shape index (κ2) is 5.84. The van der Waals surface area contributed by atoms with Crippen LogP contribution in [0.5, 0.6) is 5.75 Å². The third-order valence-corrected chi connectivity index (χ3v) is 3.24. The molecule has 4 nitrogen and oxygen atoms in total. The summed E-state index contributed by atoms with van der Waals surface area (Å²) in [6.07, 6.45) is 0. The second-order valence-corrected chi connectivity index (χ2v) is 4.78. The highest BCUT2D eigenvalue weighted by Gasteiger charge is 2.09. The quantitative estimate of drug-likeness (QED) is 0.851. The number of hydrogen-bond donors (Lipinski definition) is 2. The fourth-order valence-corrected chi connectivity index (χ4v) is 2.02. The Morgan fingerprint density at radius 2 is 2.00 bits per heavy atom. The van der Waals surface area contributed by atoms with Crippen LogP contribution in [-0.4, -0.2) is 13.0 Å². The Morgan fingerprint density at radius 1 is 1.25 bits per heavy atom. The molecule has 0 radical (unpaired) electrons. The van der Waals surface area contributed by atoms with Crippen molar-refractivity contribution < 1.29 is 9.53 Å². The van der Waals surface area contributed by atoms with Gasteiger partial charge in [0, 0.05) is 16.9 Å². The lowest BCUT2D eigenvalue weighted by Crippen LogP contribution is -2.12. The molecule has 2 aromatic rings. The number of carbonyl (C=O) groups excluding carboxylic acids is 1. The molecule has 3 N–H and O–H groups in total. The van der Waals surface area contributed by atoms with Crippen LogP contribution in [-0.2, 0) is 0 Å². The zero-order valence-corrected chi connectivity index (χ0v) is 12.0. The second-order valence-electron chi connectivity index (χ2n) is 4.37. The van der Waals surface area contributed by atoms with Crippen LogP contribution in [0.2, 0.25) is 5.02 Å². The molecule has 20 heavy (non-hydrogen) atoms. The largest absolute Gasteiger partial charge is 0.495 e.